The van der Waals surface area contributed by atoms with Gasteiger partial charge in [0.05, 0.1) is 0 Å². The first-order valence-electron chi connectivity index (χ1n) is 4.99. The van der Waals surface area contributed by atoms with E-state index in [1.165, 1.54) is 4.90 Å². The Bertz CT molecular complexity index is 410. The first kappa shape index (κ1) is 11.0. The summed E-state index contributed by atoms with van der Waals surface area (Å²) in [6, 6.07) is 1.84. The fourth-order valence-corrected chi connectivity index (χ4v) is 1.79. The van der Waals surface area contributed by atoms with E-state index in [2.05, 4.69) is 0 Å². The van der Waals surface area contributed by atoms with Gasteiger partial charge in [0.2, 0.25) is 5.91 Å². The lowest BCUT2D eigenvalue weighted by molar-refractivity contribution is -0.128. The standard InChI is InChI=1S/C11H10F3NO/c12-8-4-7(5-9(13)11(8)14)6-15-3-1-2-10(15)16/h4-5H,1-3,6H2. The lowest BCUT2D eigenvalue weighted by Gasteiger charge is -2.15. The molecule has 1 saturated heterocycles. The molecule has 1 aliphatic heterocycles. The molecule has 1 aromatic carbocycles. The van der Waals surface area contributed by atoms with E-state index >= 15 is 0 Å². The molecule has 0 aliphatic carbocycles. The van der Waals surface area contributed by atoms with E-state index in [0.717, 1.165) is 18.6 Å². The van der Waals surface area contributed by atoms with Crippen LogP contribution >= 0.6 is 0 Å². The third kappa shape index (κ3) is 2.03. The van der Waals surface area contributed by atoms with Crippen LogP contribution in [0.2, 0.25) is 0 Å². The Kier molecular flexibility index (Phi) is 2.85. The molecule has 0 atom stereocenters. The van der Waals surface area contributed by atoms with Crippen molar-refractivity contribution < 1.29 is 18.0 Å². The first-order chi connectivity index (χ1) is 7.58. The predicted molar refractivity (Wildman–Crippen MR) is 51.0 cm³/mol. The van der Waals surface area contributed by atoms with Gasteiger partial charge in [-0.25, -0.2) is 13.2 Å². The van der Waals surface area contributed by atoms with E-state index in [9.17, 15) is 18.0 Å². The molecule has 1 heterocycles. The fraction of sp³-hybridized carbons (Fsp3) is 0.364. The Morgan fingerprint density at radius 3 is 2.31 bits per heavy atom. The second kappa shape index (κ2) is 4.15. The number of hydrogen-bond acceptors (Lipinski definition) is 1. The van der Waals surface area contributed by atoms with Crippen molar-refractivity contribution in [3.63, 3.8) is 0 Å². The molecule has 16 heavy (non-hydrogen) atoms. The van der Waals surface area contributed by atoms with Gasteiger partial charge in [-0.3, -0.25) is 4.79 Å². The van der Waals surface area contributed by atoms with E-state index < -0.39 is 17.5 Å². The van der Waals surface area contributed by atoms with Crippen LogP contribution in [-0.2, 0) is 11.3 Å². The van der Waals surface area contributed by atoms with Crippen LogP contribution in [0.5, 0.6) is 0 Å². The largest absolute Gasteiger partial charge is 0.338 e. The maximum atomic E-state index is 12.9. The highest BCUT2D eigenvalue weighted by atomic mass is 19.2. The van der Waals surface area contributed by atoms with Crippen molar-refractivity contribution in [2.75, 3.05) is 6.54 Å². The van der Waals surface area contributed by atoms with E-state index in [4.69, 9.17) is 0 Å². The summed E-state index contributed by atoms with van der Waals surface area (Å²) in [5.41, 5.74) is 0.270. The van der Waals surface area contributed by atoms with Gasteiger partial charge in [0.25, 0.3) is 0 Å². The maximum Gasteiger partial charge on any atom is 0.222 e. The van der Waals surface area contributed by atoms with Crippen LogP contribution in [0.25, 0.3) is 0 Å². The second-order valence-corrected chi connectivity index (χ2v) is 3.79. The molecule has 1 aromatic rings. The number of rotatable bonds is 2. The summed E-state index contributed by atoms with van der Waals surface area (Å²) in [6.07, 6.45) is 1.22. The van der Waals surface area contributed by atoms with Crippen LogP contribution in [0, 0.1) is 17.5 Å². The highest BCUT2D eigenvalue weighted by molar-refractivity contribution is 5.78. The molecule has 0 saturated carbocycles. The second-order valence-electron chi connectivity index (χ2n) is 3.79. The monoisotopic (exact) mass is 229 g/mol. The lowest BCUT2D eigenvalue weighted by Crippen LogP contribution is -2.24. The van der Waals surface area contributed by atoms with Crippen molar-refractivity contribution in [1.29, 1.82) is 0 Å². The molecule has 1 amide bonds. The van der Waals surface area contributed by atoms with Crippen molar-refractivity contribution >= 4 is 5.91 Å². The van der Waals surface area contributed by atoms with Crippen LogP contribution in [-0.4, -0.2) is 17.4 Å². The highest BCUT2D eigenvalue weighted by Crippen LogP contribution is 2.18. The summed E-state index contributed by atoms with van der Waals surface area (Å²) in [6.45, 7) is 0.715. The van der Waals surface area contributed by atoms with Crippen LogP contribution in [0.1, 0.15) is 18.4 Å². The zero-order valence-electron chi connectivity index (χ0n) is 8.47. The summed E-state index contributed by atoms with van der Waals surface area (Å²) in [5.74, 6) is -3.95. The van der Waals surface area contributed by atoms with E-state index in [1.807, 2.05) is 0 Å². The van der Waals surface area contributed by atoms with Crippen molar-refractivity contribution in [2.24, 2.45) is 0 Å². The van der Waals surface area contributed by atoms with Crippen LogP contribution in [0.15, 0.2) is 12.1 Å². The molecular weight excluding hydrogens is 219 g/mol. The van der Waals surface area contributed by atoms with E-state index in [1.54, 1.807) is 0 Å². The molecule has 0 aromatic heterocycles. The van der Waals surface area contributed by atoms with Gasteiger partial charge >= 0.3 is 0 Å². The summed E-state index contributed by atoms with van der Waals surface area (Å²) in [7, 11) is 0. The Hall–Kier alpha value is -1.52. The SMILES string of the molecule is O=C1CCCN1Cc1cc(F)c(F)c(F)c1. The van der Waals surface area contributed by atoms with Gasteiger partial charge in [0, 0.05) is 19.5 Å². The zero-order chi connectivity index (χ0) is 11.7. The van der Waals surface area contributed by atoms with Crippen molar-refractivity contribution in [3.05, 3.63) is 35.1 Å². The average molecular weight is 229 g/mol. The Morgan fingerprint density at radius 1 is 1.19 bits per heavy atom. The van der Waals surface area contributed by atoms with Gasteiger partial charge < -0.3 is 4.90 Å². The number of hydrogen-bond donors (Lipinski definition) is 0. The minimum atomic E-state index is -1.48. The smallest absolute Gasteiger partial charge is 0.222 e. The molecule has 0 unspecified atom stereocenters. The Morgan fingerprint density at radius 2 is 1.81 bits per heavy atom. The average Bonchev–Trinajstić information content (AvgIpc) is 2.61. The number of halogens is 3. The number of carbonyl (C=O) groups excluding carboxylic acids is 1. The van der Waals surface area contributed by atoms with Gasteiger partial charge in [-0.1, -0.05) is 0 Å². The fourth-order valence-electron chi connectivity index (χ4n) is 1.79. The van der Waals surface area contributed by atoms with Gasteiger partial charge in [0.15, 0.2) is 17.5 Å². The summed E-state index contributed by atoms with van der Waals surface area (Å²) < 4.78 is 38.5. The minimum absolute atomic E-state index is 0.0369. The molecule has 1 aliphatic rings. The molecule has 2 rings (SSSR count). The molecule has 0 spiro atoms. The number of nitrogens with zero attached hydrogens (tertiary/aromatic N) is 1. The third-order valence-corrected chi connectivity index (χ3v) is 2.59. The number of benzene rings is 1. The molecule has 0 N–H and O–H groups in total. The first-order valence-corrected chi connectivity index (χ1v) is 4.99. The molecule has 0 radical (unpaired) electrons. The minimum Gasteiger partial charge on any atom is -0.338 e. The molecule has 2 nitrogen and oxygen atoms in total. The third-order valence-electron chi connectivity index (χ3n) is 2.59. The summed E-state index contributed by atoms with van der Waals surface area (Å²) in [4.78, 5) is 12.8. The molecular formula is C11H10F3NO. The van der Waals surface area contributed by atoms with E-state index in [0.29, 0.717) is 13.0 Å². The van der Waals surface area contributed by atoms with Gasteiger partial charge in [-0.15, -0.1) is 0 Å². The lowest BCUT2D eigenvalue weighted by atomic mass is 10.2. The van der Waals surface area contributed by atoms with Gasteiger partial charge in [-0.2, -0.15) is 0 Å². The number of carbonyl (C=O) groups is 1. The maximum absolute atomic E-state index is 12.9. The van der Waals surface area contributed by atoms with Crippen molar-refractivity contribution in [1.82, 2.24) is 4.90 Å². The van der Waals surface area contributed by atoms with Crippen LogP contribution < -0.4 is 0 Å². The highest BCUT2D eigenvalue weighted by Gasteiger charge is 2.21. The number of amides is 1. The normalized spacial score (nSPS) is 15.9. The molecule has 0 bridgehead atoms. The van der Waals surface area contributed by atoms with Gasteiger partial charge in [0.1, 0.15) is 0 Å². The topological polar surface area (TPSA) is 20.3 Å². The Balaban J connectivity index is 2.18. The quantitative estimate of drug-likeness (QED) is 0.712. The number of likely N-dealkylation sites (tertiary alicyclic amines) is 1. The summed E-state index contributed by atoms with van der Waals surface area (Å²) >= 11 is 0. The molecule has 5 heteroatoms. The van der Waals surface area contributed by atoms with Crippen LogP contribution in [0.3, 0.4) is 0 Å². The molecule has 1 fully saturated rings. The van der Waals surface area contributed by atoms with E-state index in [-0.39, 0.29) is 18.0 Å². The Labute approximate surface area is 90.7 Å². The van der Waals surface area contributed by atoms with Gasteiger partial charge in [-0.05, 0) is 24.1 Å². The predicted octanol–water partition coefficient (Wildman–Crippen LogP) is 2.23. The summed E-state index contributed by atoms with van der Waals surface area (Å²) in [5, 5.41) is 0. The van der Waals surface area contributed by atoms with Crippen molar-refractivity contribution in [3.8, 4) is 0 Å². The molecule has 86 valence electrons. The van der Waals surface area contributed by atoms with Crippen LogP contribution in [0.4, 0.5) is 13.2 Å². The zero-order valence-corrected chi connectivity index (χ0v) is 8.47. The van der Waals surface area contributed by atoms with Crippen molar-refractivity contribution in [2.45, 2.75) is 19.4 Å².